The molecule has 0 amide bonds. The predicted molar refractivity (Wildman–Crippen MR) is 53.0 cm³/mol. The van der Waals surface area contributed by atoms with Gasteiger partial charge in [-0.25, -0.2) is 8.78 Å². The van der Waals surface area contributed by atoms with Gasteiger partial charge in [0.15, 0.2) is 0 Å². The third-order valence-electron chi connectivity index (χ3n) is 2.03. The first-order chi connectivity index (χ1) is 6.74. The second kappa shape index (κ2) is 5.70. The van der Waals surface area contributed by atoms with Crippen LogP contribution in [-0.4, -0.2) is 6.54 Å². The molecule has 0 saturated carbocycles. The van der Waals surface area contributed by atoms with Crippen LogP contribution in [0.15, 0.2) is 18.2 Å². The van der Waals surface area contributed by atoms with E-state index in [4.69, 9.17) is 0 Å². The first-order valence-electron chi connectivity index (χ1n) is 4.88. The zero-order valence-electron chi connectivity index (χ0n) is 8.32. The average molecular weight is 199 g/mol. The highest BCUT2D eigenvalue weighted by atomic mass is 19.1. The van der Waals surface area contributed by atoms with Crippen molar-refractivity contribution in [2.75, 3.05) is 6.54 Å². The first-order valence-corrected chi connectivity index (χ1v) is 4.88. The van der Waals surface area contributed by atoms with Crippen molar-refractivity contribution in [2.45, 2.75) is 26.3 Å². The Balaban J connectivity index is 2.45. The molecule has 1 nitrogen and oxygen atoms in total. The molecule has 14 heavy (non-hydrogen) atoms. The molecule has 0 aliphatic rings. The fraction of sp³-hybridized carbons (Fsp3) is 0.455. The Labute approximate surface area is 83.1 Å². The number of halogens is 2. The van der Waals surface area contributed by atoms with E-state index in [0.29, 0.717) is 12.1 Å². The van der Waals surface area contributed by atoms with Crippen molar-refractivity contribution in [1.82, 2.24) is 5.32 Å². The Morgan fingerprint density at radius 1 is 1.29 bits per heavy atom. The van der Waals surface area contributed by atoms with Gasteiger partial charge in [0.05, 0.1) is 0 Å². The monoisotopic (exact) mass is 199 g/mol. The van der Waals surface area contributed by atoms with Gasteiger partial charge in [0.25, 0.3) is 0 Å². The van der Waals surface area contributed by atoms with E-state index < -0.39 is 5.82 Å². The molecule has 0 bridgehead atoms. The van der Waals surface area contributed by atoms with Crippen molar-refractivity contribution >= 4 is 0 Å². The number of unbranched alkanes of at least 4 members (excludes halogenated alkanes) is 1. The molecular weight excluding hydrogens is 184 g/mol. The molecule has 0 unspecified atom stereocenters. The quantitative estimate of drug-likeness (QED) is 0.719. The summed E-state index contributed by atoms with van der Waals surface area (Å²) in [4.78, 5) is 0. The second-order valence-electron chi connectivity index (χ2n) is 3.27. The lowest BCUT2D eigenvalue weighted by Gasteiger charge is -2.05. The van der Waals surface area contributed by atoms with Gasteiger partial charge in [0.2, 0.25) is 0 Å². The molecule has 0 saturated heterocycles. The van der Waals surface area contributed by atoms with Crippen molar-refractivity contribution in [1.29, 1.82) is 0 Å². The molecule has 1 rings (SSSR count). The van der Waals surface area contributed by atoms with Crippen LogP contribution in [0.1, 0.15) is 25.3 Å². The molecule has 1 N–H and O–H groups in total. The van der Waals surface area contributed by atoms with Gasteiger partial charge >= 0.3 is 0 Å². The SMILES string of the molecule is CCCCNCc1cc(F)ccc1F. The molecule has 1 aromatic carbocycles. The molecule has 1 aromatic rings. The van der Waals surface area contributed by atoms with Gasteiger partial charge in [-0.2, -0.15) is 0 Å². The molecular formula is C11H15F2N. The minimum absolute atomic E-state index is 0.351. The highest BCUT2D eigenvalue weighted by molar-refractivity contribution is 5.18. The number of benzene rings is 1. The lowest BCUT2D eigenvalue weighted by molar-refractivity contribution is 0.563. The zero-order chi connectivity index (χ0) is 10.4. The maximum Gasteiger partial charge on any atom is 0.127 e. The Kier molecular flexibility index (Phi) is 4.53. The molecule has 0 aliphatic carbocycles. The van der Waals surface area contributed by atoms with E-state index in [1.165, 1.54) is 6.07 Å². The Hall–Kier alpha value is -0.960. The Morgan fingerprint density at radius 3 is 2.79 bits per heavy atom. The fourth-order valence-corrected chi connectivity index (χ4v) is 1.20. The van der Waals surface area contributed by atoms with Gasteiger partial charge in [0.1, 0.15) is 11.6 Å². The van der Waals surface area contributed by atoms with Crippen LogP contribution in [0.5, 0.6) is 0 Å². The summed E-state index contributed by atoms with van der Waals surface area (Å²) in [5.41, 5.74) is 0.390. The summed E-state index contributed by atoms with van der Waals surface area (Å²) < 4.78 is 25.8. The Bertz CT molecular complexity index is 287. The van der Waals surface area contributed by atoms with Gasteiger partial charge < -0.3 is 5.32 Å². The number of nitrogens with one attached hydrogen (secondary N) is 1. The van der Waals surface area contributed by atoms with Gasteiger partial charge in [-0.05, 0) is 31.2 Å². The van der Waals surface area contributed by atoms with E-state index >= 15 is 0 Å². The van der Waals surface area contributed by atoms with Crippen LogP contribution >= 0.6 is 0 Å². The number of hydrogen-bond donors (Lipinski definition) is 1. The molecule has 3 heteroatoms. The minimum Gasteiger partial charge on any atom is -0.313 e. The van der Waals surface area contributed by atoms with E-state index in [9.17, 15) is 8.78 Å². The maximum absolute atomic E-state index is 13.1. The van der Waals surface area contributed by atoms with Crippen LogP contribution in [-0.2, 0) is 6.54 Å². The topological polar surface area (TPSA) is 12.0 Å². The van der Waals surface area contributed by atoms with Gasteiger partial charge in [0, 0.05) is 12.1 Å². The van der Waals surface area contributed by atoms with E-state index in [0.717, 1.165) is 31.5 Å². The highest BCUT2D eigenvalue weighted by Gasteiger charge is 2.02. The molecule has 0 aromatic heterocycles. The third kappa shape index (κ3) is 3.42. The molecule has 0 atom stereocenters. The Morgan fingerprint density at radius 2 is 2.07 bits per heavy atom. The first kappa shape index (κ1) is 11.1. The molecule has 0 heterocycles. The molecule has 78 valence electrons. The van der Waals surface area contributed by atoms with Crippen molar-refractivity contribution in [3.63, 3.8) is 0 Å². The standard InChI is InChI=1S/C11H15F2N/c1-2-3-6-14-8-9-7-10(12)4-5-11(9)13/h4-5,7,14H,2-3,6,8H2,1H3. The van der Waals surface area contributed by atoms with Crippen molar-refractivity contribution < 1.29 is 8.78 Å². The minimum atomic E-state index is -0.390. The molecule has 0 spiro atoms. The normalized spacial score (nSPS) is 10.5. The summed E-state index contributed by atoms with van der Waals surface area (Å²) in [6, 6.07) is 3.52. The van der Waals surface area contributed by atoms with Crippen LogP contribution in [0.2, 0.25) is 0 Å². The number of hydrogen-bond acceptors (Lipinski definition) is 1. The summed E-state index contributed by atoms with van der Waals surface area (Å²) in [6.45, 7) is 3.32. The second-order valence-corrected chi connectivity index (χ2v) is 3.27. The van der Waals surface area contributed by atoms with Crippen molar-refractivity contribution in [3.8, 4) is 0 Å². The summed E-state index contributed by atoms with van der Waals surface area (Å²) in [5.74, 6) is -0.742. The van der Waals surface area contributed by atoms with E-state index in [1.807, 2.05) is 0 Å². The van der Waals surface area contributed by atoms with Crippen molar-refractivity contribution in [3.05, 3.63) is 35.4 Å². The van der Waals surface area contributed by atoms with Crippen LogP contribution in [0.4, 0.5) is 8.78 Å². The van der Waals surface area contributed by atoms with Crippen LogP contribution in [0, 0.1) is 11.6 Å². The summed E-state index contributed by atoms with van der Waals surface area (Å²) in [6.07, 6.45) is 2.15. The van der Waals surface area contributed by atoms with Gasteiger partial charge in [-0.3, -0.25) is 0 Å². The maximum atomic E-state index is 13.1. The van der Waals surface area contributed by atoms with Crippen LogP contribution < -0.4 is 5.32 Å². The lowest BCUT2D eigenvalue weighted by Crippen LogP contribution is -2.15. The van der Waals surface area contributed by atoms with E-state index in [-0.39, 0.29) is 5.82 Å². The number of rotatable bonds is 5. The largest absolute Gasteiger partial charge is 0.313 e. The zero-order valence-corrected chi connectivity index (χ0v) is 8.32. The summed E-state index contributed by atoms with van der Waals surface area (Å²) in [7, 11) is 0. The van der Waals surface area contributed by atoms with Gasteiger partial charge in [-0.1, -0.05) is 13.3 Å². The smallest absolute Gasteiger partial charge is 0.127 e. The highest BCUT2D eigenvalue weighted by Crippen LogP contribution is 2.08. The van der Waals surface area contributed by atoms with E-state index in [2.05, 4.69) is 12.2 Å². The van der Waals surface area contributed by atoms with Crippen LogP contribution in [0.25, 0.3) is 0 Å². The van der Waals surface area contributed by atoms with Crippen molar-refractivity contribution in [2.24, 2.45) is 0 Å². The third-order valence-corrected chi connectivity index (χ3v) is 2.03. The van der Waals surface area contributed by atoms with E-state index in [1.54, 1.807) is 0 Å². The summed E-state index contributed by atoms with van der Waals surface area (Å²) >= 11 is 0. The molecule has 0 fully saturated rings. The van der Waals surface area contributed by atoms with Gasteiger partial charge in [-0.15, -0.1) is 0 Å². The average Bonchev–Trinajstić information content (AvgIpc) is 2.18. The van der Waals surface area contributed by atoms with Crippen LogP contribution in [0.3, 0.4) is 0 Å². The fourth-order valence-electron chi connectivity index (χ4n) is 1.20. The predicted octanol–water partition coefficient (Wildman–Crippen LogP) is 2.85. The molecule has 0 radical (unpaired) electrons. The lowest BCUT2D eigenvalue weighted by atomic mass is 10.2. The molecule has 0 aliphatic heterocycles. The summed E-state index contributed by atoms with van der Waals surface area (Å²) in [5, 5.41) is 3.06.